The first-order valence-corrected chi connectivity index (χ1v) is 8.90. The maximum absolute atomic E-state index is 6.01. The van der Waals surface area contributed by atoms with E-state index in [2.05, 4.69) is 38.8 Å². The van der Waals surface area contributed by atoms with E-state index in [1.165, 1.54) is 0 Å². The average molecular weight is 253 g/mol. The Balaban J connectivity index is 2.30. The van der Waals surface area contributed by atoms with Crippen LogP contribution >= 0.6 is 0 Å². The van der Waals surface area contributed by atoms with Gasteiger partial charge in [-0.15, -0.1) is 0 Å². The van der Waals surface area contributed by atoms with E-state index < -0.39 is 8.32 Å². The molecule has 17 heavy (non-hydrogen) atoms. The van der Waals surface area contributed by atoms with Gasteiger partial charge in [0, 0.05) is 6.20 Å². The normalized spacial score (nSPS) is 12.5. The molecule has 0 aliphatic carbocycles. The van der Waals surface area contributed by atoms with Crippen molar-refractivity contribution in [1.29, 1.82) is 0 Å². The van der Waals surface area contributed by atoms with Gasteiger partial charge in [-0.05, 0) is 30.3 Å². The van der Waals surface area contributed by atoms with Gasteiger partial charge in [-0.1, -0.05) is 20.8 Å². The first-order chi connectivity index (χ1) is 7.83. The molecule has 0 unspecified atom stereocenters. The number of hydrogen-bond donors (Lipinski definition) is 0. The summed E-state index contributed by atoms with van der Waals surface area (Å²) in [6.07, 6.45) is 3.45. The second-order valence-electron chi connectivity index (χ2n) is 5.65. The molecule has 0 spiro atoms. The van der Waals surface area contributed by atoms with Gasteiger partial charge >= 0.3 is 0 Å². The molecule has 1 heterocycles. The van der Waals surface area contributed by atoms with Crippen molar-refractivity contribution in [2.75, 3.05) is 13.2 Å². The van der Waals surface area contributed by atoms with Crippen molar-refractivity contribution >= 4 is 8.32 Å². The lowest BCUT2D eigenvalue weighted by Gasteiger charge is -2.36. The largest absolute Gasteiger partial charge is 0.490 e. The first kappa shape index (κ1) is 14.2. The molecule has 0 fully saturated rings. The van der Waals surface area contributed by atoms with Crippen LogP contribution in [0.3, 0.4) is 0 Å². The molecule has 1 rings (SSSR count). The minimum Gasteiger partial charge on any atom is -0.490 e. The molecule has 1 aromatic heterocycles. The fraction of sp³-hybridized carbons (Fsp3) is 0.615. The summed E-state index contributed by atoms with van der Waals surface area (Å²) in [4.78, 5) is 3.99. The molecule has 0 aliphatic heterocycles. The van der Waals surface area contributed by atoms with Crippen molar-refractivity contribution in [3.05, 3.63) is 24.5 Å². The fourth-order valence-electron chi connectivity index (χ4n) is 1.11. The summed E-state index contributed by atoms with van der Waals surface area (Å²) in [6, 6.07) is 3.77. The van der Waals surface area contributed by atoms with Gasteiger partial charge < -0.3 is 9.16 Å². The molecule has 3 nitrogen and oxygen atoms in total. The Hall–Kier alpha value is -0.873. The molecule has 0 aliphatic rings. The molecular formula is C13H23NO2Si. The maximum atomic E-state index is 6.01. The van der Waals surface area contributed by atoms with E-state index in [4.69, 9.17) is 9.16 Å². The number of ether oxygens (including phenoxy) is 1. The van der Waals surface area contributed by atoms with Crippen molar-refractivity contribution in [3.8, 4) is 5.75 Å². The summed E-state index contributed by atoms with van der Waals surface area (Å²) in [7, 11) is -1.64. The summed E-state index contributed by atoms with van der Waals surface area (Å²) >= 11 is 0. The molecule has 0 saturated heterocycles. The van der Waals surface area contributed by atoms with Crippen molar-refractivity contribution in [2.45, 2.75) is 38.9 Å². The van der Waals surface area contributed by atoms with Gasteiger partial charge in [0.1, 0.15) is 12.4 Å². The monoisotopic (exact) mass is 253 g/mol. The third kappa shape index (κ3) is 4.48. The van der Waals surface area contributed by atoms with Gasteiger partial charge in [-0.25, -0.2) is 0 Å². The maximum Gasteiger partial charge on any atom is 0.192 e. The summed E-state index contributed by atoms with van der Waals surface area (Å²) in [5, 5.41) is 0.251. The highest BCUT2D eigenvalue weighted by atomic mass is 28.4. The highest BCUT2D eigenvalue weighted by Crippen LogP contribution is 2.36. The third-order valence-electron chi connectivity index (χ3n) is 3.26. The van der Waals surface area contributed by atoms with E-state index in [1.807, 2.05) is 12.1 Å². The minimum absolute atomic E-state index is 0.251. The van der Waals surface area contributed by atoms with Gasteiger partial charge in [-0.2, -0.15) is 0 Å². The van der Waals surface area contributed by atoms with Crippen LogP contribution in [0.1, 0.15) is 20.8 Å². The van der Waals surface area contributed by atoms with E-state index >= 15 is 0 Å². The Morgan fingerprint density at radius 1 is 1.24 bits per heavy atom. The second-order valence-corrected chi connectivity index (χ2v) is 10.5. The summed E-state index contributed by atoms with van der Waals surface area (Å²) < 4.78 is 11.6. The van der Waals surface area contributed by atoms with Crippen molar-refractivity contribution in [2.24, 2.45) is 0 Å². The van der Waals surface area contributed by atoms with Crippen LogP contribution in [0, 0.1) is 0 Å². The van der Waals surface area contributed by atoms with E-state index in [-0.39, 0.29) is 5.04 Å². The lowest BCUT2D eigenvalue weighted by molar-refractivity contribution is 0.203. The molecule has 1 aromatic rings. The molecule has 0 atom stereocenters. The highest BCUT2D eigenvalue weighted by Gasteiger charge is 2.36. The zero-order chi connectivity index (χ0) is 12.9. The van der Waals surface area contributed by atoms with Gasteiger partial charge in [0.25, 0.3) is 0 Å². The first-order valence-electron chi connectivity index (χ1n) is 6.00. The van der Waals surface area contributed by atoms with Crippen LogP contribution in [0.25, 0.3) is 0 Å². The van der Waals surface area contributed by atoms with Gasteiger partial charge in [-0.3, -0.25) is 4.98 Å². The number of rotatable bonds is 5. The Kier molecular flexibility index (Phi) is 4.71. The molecule has 0 saturated carbocycles. The molecular weight excluding hydrogens is 230 g/mol. The smallest absolute Gasteiger partial charge is 0.192 e. The Labute approximate surface area is 105 Å². The minimum atomic E-state index is -1.64. The number of pyridine rings is 1. The van der Waals surface area contributed by atoms with E-state index in [1.54, 1.807) is 12.4 Å². The van der Waals surface area contributed by atoms with Crippen LogP contribution in [0.15, 0.2) is 24.5 Å². The number of aromatic nitrogens is 1. The summed E-state index contributed by atoms with van der Waals surface area (Å²) in [6.45, 7) is 12.4. The molecule has 0 radical (unpaired) electrons. The zero-order valence-corrected chi connectivity index (χ0v) is 12.5. The average Bonchev–Trinajstić information content (AvgIpc) is 2.24. The van der Waals surface area contributed by atoms with Crippen LogP contribution in [0.4, 0.5) is 0 Å². The van der Waals surface area contributed by atoms with Crippen molar-refractivity contribution in [1.82, 2.24) is 4.98 Å². The number of nitrogens with zero attached hydrogens (tertiary/aromatic N) is 1. The number of hydrogen-bond acceptors (Lipinski definition) is 3. The van der Waals surface area contributed by atoms with Crippen LogP contribution in [-0.4, -0.2) is 26.5 Å². The van der Waals surface area contributed by atoms with Crippen LogP contribution in [-0.2, 0) is 4.43 Å². The molecule has 0 bridgehead atoms. The predicted octanol–water partition coefficient (Wildman–Crippen LogP) is 3.48. The van der Waals surface area contributed by atoms with Gasteiger partial charge in [0.05, 0.1) is 12.8 Å². The van der Waals surface area contributed by atoms with E-state index in [0.717, 1.165) is 5.75 Å². The zero-order valence-electron chi connectivity index (χ0n) is 11.5. The highest BCUT2D eigenvalue weighted by molar-refractivity contribution is 6.74. The Morgan fingerprint density at radius 2 is 1.94 bits per heavy atom. The summed E-state index contributed by atoms with van der Waals surface area (Å²) in [5.74, 6) is 0.798. The quantitative estimate of drug-likeness (QED) is 0.594. The standard InChI is InChI=1S/C13H23NO2Si/c1-13(2,3)17(4,5)16-10-9-15-12-7-6-8-14-11-12/h6-8,11H,9-10H2,1-5H3. The molecule has 0 amide bonds. The van der Waals surface area contributed by atoms with Crippen molar-refractivity contribution in [3.63, 3.8) is 0 Å². The molecule has 96 valence electrons. The van der Waals surface area contributed by atoms with Gasteiger partial charge in [0.2, 0.25) is 0 Å². The van der Waals surface area contributed by atoms with Crippen LogP contribution in [0.5, 0.6) is 5.75 Å². The van der Waals surface area contributed by atoms with E-state index in [9.17, 15) is 0 Å². The Morgan fingerprint density at radius 3 is 2.47 bits per heavy atom. The third-order valence-corrected chi connectivity index (χ3v) is 7.79. The lowest BCUT2D eigenvalue weighted by atomic mass is 10.2. The predicted molar refractivity (Wildman–Crippen MR) is 72.9 cm³/mol. The lowest BCUT2D eigenvalue weighted by Crippen LogP contribution is -2.41. The topological polar surface area (TPSA) is 31.4 Å². The van der Waals surface area contributed by atoms with Crippen LogP contribution < -0.4 is 4.74 Å². The SMILES string of the molecule is CC(C)(C)[Si](C)(C)OCCOc1cccnc1. The molecule has 4 heteroatoms. The molecule has 0 N–H and O–H groups in total. The van der Waals surface area contributed by atoms with Crippen LogP contribution in [0.2, 0.25) is 18.1 Å². The molecule has 0 aromatic carbocycles. The summed E-state index contributed by atoms with van der Waals surface area (Å²) in [5.41, 5.74) is 0. The Bertz CT molecular complexity index is 333. The van der Waals surface area contributed by atoms with E-state index in [0.29, 0.717) is 13.2 Å². The van der Waals surface area contributed by atoms with Gasteiger partial charge in [0.15, 0.2) is 8.32 Å². The fourth-order valence-corrected chi connectivity index (χ4v) is 2.13. The van der Waals surface area contributed by atoms with Crippen molar-refractivity contribution < 1.29 is 9.16 Å². The second kappa shape index (κ2) is 5.64.